The number of rotatable bonds is 7. The Labute approximate surface area is 245 Å². The number of carbonyl (C=O) groups is 1. The van der Waals surface area contributed by atoms with Gasteiger partial charge >= 0.3 is 0 Å². The number of ether oxygens (including phenoxy) is 1. The van der Waals surface area contributed by atoms with Crippen LogP contribution in [0.25, 0.3) is 0 Å². The standard InChI is InChI=1S/C32H49N7O2/c1-4-28-23(2)5-10-29(30(33)40)32(36-31(28)35-25-13-21-41-22-14-25)34-24-6-8-26(9-7-24)38-15-11-27(12-16-38)39-19-17-37(3)18-20-39/h5-9,25,27-28,34H,4,10-22H2,1-3H3,(H2,33,40)(H,35,36). The predicted octanol–water partition coefficient (Wildman–Crippen LogP) is 3.55. The van der Waals surface area contributed by atoms with Crippen LogP contribution in [0.2, 0.25) is 0 Å². The van der Waals surface area contributed by atoms with Crippen LogP contribution < -0.4 is 21.3 Å². The van der Waals surface area contributed by atoms with Crippen LogP contribution in [0.4, 0.5) is 11.4 Å². The number of nitrogens with one attached hydrogen (secondary N) is 2. The van der Waals surface area contributed by atoms with Gasteiger partial charge in [-0.2, -0.15) is 0 Å². The summed E-state index contributed by atoms with van der Waals surface area (Å²) in [6.45, 7) is 12.7. The molecule has 1 unspecified atom stereocenters. The molecule has 9 heteroatoms. The highest BCUT2D eigenvalue weighted by Crippen LogP contribution is 2.27. The van der Waals surface area contributed by atoms with Gasteiger partial charge in [-0.05, 0) is 76.8 Å². The van der Waals surface area contributed by atoms with Gasteiger partial charge in [-0.1, -0.05) is 18.6 Å². The molecule has 1 aromatic rings. The summed E-state index contributed by atoms with van der Waals surface area (Å²) in [4.78, 5) is 25.3. The Morgan fingerprint density at radius 2 is 1.73 bits per heavy atom. The molecule has 3 fully saturated rings. The topological polar surface area (TPSA) is 98.5 Å². The summed E-state index contributed by atoms with van der Waals surface area (Å²) in [5, 5.41) is 7.04. The van der Waals surface area contributed by atoms with Gasteiger partial charge in [0.05, 0.1) is 11.6 Å². The Morgan fingerprint density at radius 1 is 1.05 bits per heavy atom. The fraction of sp³-hybridized carbons (Fsp3) is 0.625. The molecule has 0 radical (unpaired) electrons. The van der Waals surface area contributed by atoms with Crippen LogP contribution in [0.15, 0.2) is 52.3 Å². The molecule has 9 nitrogen and oxygen atoms in total. The predicted molar refractivity (Wildman–Crippen MR) is 167 cm³/mol. The quantitative estimate of drug-likeness (QED) is 0.437. The van der Waals surface area contributed by atoms with E-state index < -0.39 is 5.91 Å². The van der Waals surface area contributed by atoms with Crippen molar-refractivity contribution in [3.05, 3.63) is 47.3 Å². The minimum Gasteiger partial charge on any atom is -0.381 e. The smallest absolute Gasteiger partial charge is 0.248 e. The largest absolute Gasteiger partial charge is 0.381 e. The number of primary amides is 1. The van der Waals surface area contributed by atoms with Gasteiger partial charge in [-0.25, -0.2) is 0 Å². The third-order valence-corrected chi connectivity index (χ3v) is 9.30. The number of amides is 1. The normalized spacial score (nSPS) is 25.4. The molecule has 5 rings (SSSR count). The number of hydrogen-bond acceptors (Lipinski definition) is 7. The number of anilines is 2. The van der Waals surface area contributed by atoms with E-state index in [0.717, 1.165) is 57.1 Å². The molecule has 3 saturated heterocycles. The Hall–Kier alpha value is -2.88. The third-order valence-electron chi connectivity index (χ3n) is 9.30. The van der Waals surface area contributed by atoms with Crippen molar-refractivity contribution in [2.24, 2.45) is 16.6 Å². The van der Waals surface area contributed by atoms with Crippen LogP contribution in [-0.4, -0.2) is 93.2 Å². The van der Waals surface area contributed by atoms with E-state index in [4.69, 9.17) is 15.5 Å². The average molecular weight is 564 g/mol. The molecular formula is C32H49N7O2. The highest BCUT2D eigenvalue weighted by Gasteiger charge is 2.28. The number of benzene rings is 1. The third kappa shape index (κ3) is 7.50. The van der Waals surface area contributed by atoms with Crippen molar-refractivity contribution in [3.63, 3.8) is 0 Å². The monoisotopic (exact) mass is 563 g/mol. The van der Waals surface area contributed by atoms with Gasteiger partial charge < -0.3 is 30.9 Å². The average Bonchev–Trinajstić information content (AvgIpc) is 2.98. The fourth-order valence-corrected chi connectivity index (χ4v) is 6.57. The molecule has 0 spiro atoms. The van der Waals surface area contributed by atoms with Crippen molar-refractivity contribution in [1.82, 2.24) is 15.1 Å². The van der Waals surface area contributed by atoms with Gasteiger partial charge in [0.15, 0.2) is 0 Å². The first-order chi connectivity index (χ1) is 19.9. The second-order valence-electron chi connectivity index (χ2n) is 12.0. The number of piperazine rings is 1. The molecule has 4 aliphatic heterocycles. The number of allylic oxidation sites excluding steroid dienone is 1. The highest BCUT2D eigenvalue weighted by molar-refractivity contribution is 5.97. The van der Waals surface area contributed by atoms with Crippen molar-refractivity contribution in [1.29, 1.82) is 0 Å². The number of hydrogen-bond donors (Lipinski definition) is 3. The minimum atomic E-state index is -0.427. The molecule has 0 aliphatic carbocycles. The van der Waals surface area contributed by atoms with Crippen molar-refractivity contribution < 1.29 is 9.53 Å². The number of piperidine rings is 1. The summed E-state index contributed by atoms with van der Waals surface area (Å²) in [6.07, 6.45) is 7.79. The van der Waals surface area contributed by atoms with E-state index in [9.17, 15) is 4.79 Å². The molecule has 1 aromatic carbocycles. The van der Waals surface area contributed by atoms with Crippen LogP contribution in [0, 0.1) is 5.92 Å². The first-order valence-electron chi connectivity index (χ1n) is 15.6. The zero-order valence-electron chi connectivity index (χ0n) is 25.2. The Balaban J connectivity index is 1.28. The van der Waals surface area contributed by atoms with E-state index in [2.05, 4.69) is 76.6 Å². The summed E-state index contributed by atoms with van der Waals surface area (Å²) < 4.78 is 5.56. The molecular weight excluding hydrogens is 514 g/mol. The molecule has 1 atom stereocenters. The first kappa shape index (κ1) is 29.6. The summed E-state index contributed by atoms with van der Waals surface area (Å²) in [5.41, 5.74) is 9.80. The second-order valence-corrected chi connectivity index (χ2v) is 12.0. The molecule has 4 aliphatic rings. The number of amidine groups is 1. The van der Waals surface area contributed by atoms with Gasteiger partial charge in [-0.3, -0.25) is 14.7 Å². The highest BCUT2D eigenvalue weighted by atomic mass is 16.5. The van der Waals surface area contributed by atoms with E-state index in [1.807, 2.05) is 0 Å². The molecule has 4 N–H and O–H groups in total. The molecule has 0 bridgehead atoms. The van der Waals surface area contributed by atoms with Gasteiger partial charge in [0, 0.05) is 75.8 Å². The van der Waals surface area contributed by atoms with Crippen LogP contribution in [0.5, 0.6) is 0 Å². The van der Waals surface area contributed by atoms with Crippen molar-refractivity contribution in [2.75, 3.05) is 69.7 Å². The summed E-state index contributed by atoms with van der Waals surface area (Å²) in [5.74, 6) is 1.27. The second kappa shape index (κ2) is 13.9. The van der Waals surface area contributed by atoms with Gasteiger partial charge in [0.2, 0.25) is 5.91 Å². The summed E-state index contributed by atoms with van der Waals surface area (Å²) in [7, 11) is 2.22. The van der Waals surface area contributed by atoms with E-state index in [-0.39, 0.29) is 12.0 Å². The molecule has 1 amide bonds. The first-order valence-corrected chi connectivity index (χ1v) is 15.6. The lowest BCUT2D eigenvalue weighted by Gasteiger charge is -2.42. The van der Waals surface area contributed by atoms with Crippen LogP contribution in [0.3, 0.4) is 0 Å². The molecule has 0 saturated carbocycles. The maximum absolute atomic E-state index is 12.6. The molecule has 41 heavy (non-hydrogen) atoms. The number of likely N-dealkylation sites (N-methyl/N-ethyl adjacent to an activating group) is 1. The van der Waals surface area contributed by atoms with Gasteiger partial charge in [0.1, 0.15) is 11.7 Å². The summed E-state index contributed by atoms with van der Waals surface area (Å²) in [6, 6.07) is 9.48. The van der Waals surface area contributed by atoms with E-state index in [1.54, 1.807) is 0 Å². The van der Waals surface area contributed by atoms with Crippen molar-refractivity contribution in [2.45, 2.75) is 64.5 Å². The minimum absolute atomic E-state index is 0.167. The van der Waals surface area contributed by atoms with Gasteiger partial charge in [-0.15, -0.1) is 0 Å². The van der Waals surface area contributed by atoms with Gasteiger partial charge in [0.25, 0.3) is 0 Å². The lowest BCUT2D eigenvalue weighted by molar-refractivity contribution is -0.114. The number of nitrogens with zero attached hydrogens (tertiary/aromatic N) is 4. The number of aliphatic imine (C=N–C) groups is 1. The SMILES string of the molecule is CCC1C(C)=CCC(C(N)=O)=C(Nc2ccc(N3CCC(N4CCN(C)CC4)CC3)cc2)NC1=NC1CCOCC1. The molecule has 4 heterocycles. The lowest BCUT2D eigenvalue weighted by Crippen LogP contribution is -2.52. The lowest BCUT2D eigenvalue weighted by atomic mass is 9.92. The maximum atomic E-state index is 12.6. The zero-order chi connectivity index (χ0) is 28.8. The summed E-state index contributed by atoms with van der Waals surface area (Å²) >= 11 is 0. The van der Waals surface area contributed by atoms with Crippen LogP contribution in [-0.2, 0) is 9.53 Å². The zero-order valence-corrected chi connectivity index (χ0v) is 25.2. The maximum Gasteiger partial charge on any atom is 0.248 e. The number of nitrogens with two attached hydrogens (primary N) is 1. The molecule has 0 aromatic heterocycles. The fourth-order valence-electron chi connectivity index (χ4n) is 6.57. The number of carbonyl (C=O) groups excluding carboxylic acids is 1. The van der Waals surface area contributed by atoms with Crippen LogP contribution >= 0.6 is 0 Å². The van der Waals surface area contributed by atoms with Crippen LogP contribution in [0.1, 0.15) is 52.4 Å². The molecule has 224 valence electrons. The Bertz CT molecular complexity index is 1120. The van der Waals surface area contributed by atoms with Crippen molar-refractivity contribution >= 4 is 23.1 Å². The van der Waals surface area contributed by atoms with E-state index in [1.165, 1.54) is 50.3 Å². The van der Waals surface area contributed by atoms with E-state index >= 15 is 0 Å². The van der Waals surface area contributed by atoms with E-state index in [0.29, 0.717) is 23.9 Å². The Morgan fingerprint density at radius 3 is 2.37 bits per heavy atom. The van der Waals surface area contributed by atoms with Crippen molar-refractivity contribution in [3.8, 4) is 0 Å². The Kier molecular flexibility index (Phi) is 10.0.